The van der Waals surface area contributed by atoms with Gasteiger partial charge in [0.25, 0.3) is 0 Å². The van der Waals surface area contributed by atoms with Gasteiger partial charge in [0.2, 0.25) is 5.91 Å². The first kappa shape index (κ1) is 28.4. The Balaban J connectivity index is 1.49. The number of carbonyl (C=O) groups excluding carboxylic acids is 2. The van der Waals surface area contributed by atoms with Crippen molar-refractivity contribution in [1.82, 2.24) is 15.1 Å². The second-order valence-electron chi connectivity index (χ2n) is 9.80. The molecule has 11 heteroatoms. The molecule has 1 fully saturated rings. The molecule has 0 radical (unpaired) electrons. The van der Waals surface area contributed by atoms with Crippen molar-refractivity contribution in [3.8, 4) is 11.4 Å². The summed E-state index contributed by atoms with van der Waals surface area (Å²) in [4.78, 5) is 23.8. The van der Waals surface area contributed by atoms with Crippen molar-refractivity contribution in [2.45, 2.75) is 69.8 Å². The molecule has 2 aliphatic rings. The van der Waals surface area contributed by atoms with E-state index in [-0.39, 0.29) is 18.2 Å². The van der Waals surface area contributed by atoms with Gasteiger partial charge in [-0.05, 0) is 61.9 Å². The molecule has 1 saturated carbocycles. The fourth-order valence-corrected chi connectivity index (χ4v) is 5.00. The van der Waals surface area contributed by atoms with E-state index in [9.17, 15) is 27.9 Å². The summed E-state index contributed by atoms with van der Waals surface area (Å²) in [6.07, 6.45) is 6.82. The van der Waals surface area contributed by atoms with Gasteiger partial charge >= 0.3 is 12.3 Å². The van der Waals surface area contributed by atoms with Gasteiger partial charge in [-0.3, -0.25) is 4.79 Å². The van der Waals surface area contributed by atoms with Crippen molar-refractivity contribution in [3.05, 3.63) is 65.0 Å². The molecule has 1 aromatic carbocycles. The van der Waals surface area contributed by atoms with Crippen LogP contribution in [-0.2, 0) is 20.7 Å². The zero-order valence-corrected chi connectivity index (χ0v) is 21.7. The predicted molar refractivity (Wildman–Crippen MR) is 136 cm³/mol. The Hall–Kier alpha value is -3.60. The lowest BCUT2D eigenvalue weighted by molar-refractivity contribution is -0.274. The summed E-state index contributed by atoms with van der Waals surface area (Å²) in [5.74, 6) is -1.12. The first-order valence-electron chi connectivity index (χ1n) is 13.0. The van der Waals surface area contributed by atoms with Gasteiger partial charge in [-0.2, -0.15) is 5.10 Å². The van der Waals surface area contributed by atoms with Gasteiger partial charge in [0, 0.05) is 17.7 Å². The van der Waals surface area contributed by atoms with Crippen LogP contribution < -0.4 is 10.1 Å². The molecular formula is C28H32F3N3O5. The highest BCUT2D eigenvalue weighted by atomic mass is 19.4. The Morgan fingerprint density at radius 3 is 2.46 bits per heavy atom. The van der Waals surface area contributed by atoms with Gasteiger partial charge in [0.05, 0.1) is 25.0 Å². The zero-order valence-electron chi connectivity index (χ0n) is 21.7. The molecule has 2 N–H and O–H groups in total. The number of methoxy groups -OCH3 is 1. The number of nitrogens with zero attached hydrogens (tertiary/aromatic N) is 2. The molecule has 39 heavy (non-hydrogen) atoms. The van der Waals surface area contributed by atoms with E-state index in [0.717, 1.165) is 49.6 Å². The monoisotopic (exact) mass is 547 g/mol. The average molecular weight is 548 g/mol. The van der Waals surface area contributed by atoms with Gasteiger partial charge in [-0.25, -0.2) is 9.48 Å². The molecule has 1 atom stereocenters. The molecule has 1 aromatic heterocycles. The van der Waals surface area contributed by atoms with Crippen LogP contribution in [-0.4, -0.2) is 52.9 Å². The second kappa shape index (κ2) is 12.5. The highest BCUT2D eigenvalue weighted by Gasteiger charge is 2.31. The summed E-state index contributed by atoms with van der Waals surface area (Å²) >= 11 is 0. The predicted octanol–water partition coefficient (Wildman–Crippen LogP) is 4.66. The number of allylic oxidation sites excluding steroid dienone is 3. The van der Waals surface area contributed by atoms with E-state index < -0.39 is 18.4 Å². The van der Waals surface area contributed by atoms with Crippen LogP contribution in [0.15, 0.2) is 53.8 Å². The standard InChI is InChI=1S/C28H32F3N3O5/c1-38-27(37)24(35)16-32-26(36)20-9-7-18(8-10-20)15-21-17-34(33-25(21)19-5-3-2-4-6-19)22-11-13-23(14-12-22)39-28(29,30)31/h7,9,11-14,17,19,24,35H,2-6,8,10,15-16H2,1H3,(H,32,36). The summed E-state index contributed by atoms with van der Waals surface area (Å²) in [5.41, 5.74) is 4.40. The van der Waals surface area contributed by atoms with Gasteiger partial charge in [0.1, 0.15) is 5.75 Å². The van der Waals surface area contributed by atoms with E-state index in [1.807, 2.05) is 12.3 Å². The molecule has 2 aromatic rings. The van der Waals surface area contributed by atoms with E-state index in [0.29, 0.717) is 36.4 Å². The second-order valence-corrected chi connectivity index (χ2v) is 9.80. The maximum absolute atomic E-state index is 12.5. The summed E-state index contributed by atoms with van der Waals surface area (Å²) in [6, 6.07) is 5.64. The molecule has 0 saturated heterocycles. The van der Waals surface area contributed by atoms with Crippen LogP contribution in [0.5, 0.6) is 5.75 Å². The molecule has 1 amide bonds. The SMILES string of the molecule is COC(=O)C(O)CNC(=O)C1=CC=C(Cc2cn(-c3ccc(OC(F)(F)F)cc3)nc2C2CCCCC2)CC1. The lowest BCUT2D eigenvalue weighted by Gasteiger charge is -2.21. The number of carbonyl (C=O) groups is 2. The van der Waals surface area contributed by atoms with Crippen molar-refractivity contribution >= 4 is 11.9 Å². The number of hydrogen-bond donors (Lipinski definition) is 2. The Bertz CT molecular complexity index is 1230. The van der Waals surface area contributed by atoms with Crippen molar-refractivity contribution in [3.63, 3.8) is 0 Å². The first-order valence-corrected chi connectivity index (χ1v) is 13.0. The number of amides is 1. The largest absolute Gasteiger partial charge is 0.573 e. The van der Waals surface area contributed by atoms with Crippen molar-refractivity contribution in [1.29, 1.82) is 0 Å². The molecule has 1 unspecified atom stereocenters. The number of aliphatic hydroxyl groups excluding tert-OH is 1. The number of aliphatic hydroxyl groups is 1. The van der Waals surface area contributed by atoms with E-state index in [2.05, 4.69) is 14.8 Å². The summed E-state index contributed by atoms with van der Waals surface area (Å²) in [6.45, 7) is -0.230. The number of rotatable bonds is 9. The number of aromatic nitrogens is 2. The quantitative estimate of drug-likeness (QED) is 0.443. The lowest BCUT2D eigenvalue weighted by atomic mass is 9.84. The Morgan fingerprint density at radius 1 is 1.13 bits per heavy atom. The number of alkyl halides is 3. The smallest absolute Gasteiger partial charge is 0.467 e. The van der Waals surface area contributed by atoms with E-state index in [4.69, 9.17) is 5.10 Å². The average Bonchev–Trinajstić information content (AvgIpc) is 3.35. The van der Waals surface area contributed by atoms with Crippen molar-refractivity contribution in [2.24, 2.45) is 0 Å². The van der Waals surface area contributed by atoms with Crippen molar-refractivity contribution in [2.75, 3.05) is 13.7 Å². The zero-order chi connectivity index (χ0) is 28.0. The number of halogens is 3. The highest BCUT2D eigenvalue weighted by Crippen LogP contribution is 2.36. The third-order valence-corrected chi connectivity index (χ3v) is 7.02. The summed E-state index contributed by atoms with van der Waals surface area (Å²) in [5, 5.41) is 17.1. The minimum absolute atomic E-state index is 0.230. The van der Waals surface area contributed by atoms with Crippen LogP contribution in [0.25, 0.3) is 5.69 Å². The molecule has 8 nitrogen and oxygen atoms in total. The first-order chi connectivity index (χ1) is 18.6. The fourth-order valence-electron chi connectivity index (χ4n) is 5.00. The maximum Gasteiger partial charge on any atom is 0.573 e. The Kier molecular flexibility index (Phi) is 9.11. The molecule has 2 aliphatic carbocycles. The summed E-state index contributed by atoms with van der Waals surface area (Å²) in [7, 11) is 1.16. The summed E-state index contributed by atoms with van der Waals surface area (Å²) < 4.78 is 47.7. The number of nitrogens with one attached hydrogen (secondary N) is 1. The molecule has 4 rings (SSSR count). The van der Waals surface area contributed by atoms with E-state index in [1.165, 1.54) is 18.6 Å². The van der Waals surface area contributed by atoms with Gasteiger partial charge in [-0.1, -0.05) is 37.0 Å². The molecule has 0 spiro atoms. The third-order valence-electron chi connectivity index (χ3n) is 7.02. The van der Waals surface area contributed by atoms with Crippen LogP contribution in [0.1, 0.15) is 62.1 Å². The van der Waals surface area contributed by atoms with Gasteiger partial charge in [0.15, 0.2) is 6.10 Å². The highest BCUT2D eigenvalue weighted by molar-refractivity contribution is 5.94. The molecule has 0 bridgehead atoms. The lowest BCUT2D eigenvalue weighted by Crippen LogP contribution is -2.38. The molecule has 210 valence electrons. The van der Waals surface area contributed by atoms with Crippen LogP contribution in [0.4, 0.5) is 13.2 Å². The Labute approximate surface area is 224 Å². The van der Waals surface area contributed by atoms with E-state index in [1.54, 1.807) is 22.9 Å². The number of esters is 1. The number of benzene rings is 1. The maximum atomic E-state index is 12.5. The molecule has 1 heterocycles. The topological polar surface area (TPSA) is 103 Å². The normalized spacial score (nSPS) is 17.2. The Morgan fingerprint density at radius 2 is 1.85 bits per heavy atom. The minimum atomic E-state index is -4.75. The van der Waals surface area contributed by atoms with Crippen LogP contribution in [0.2, 0.25) is 0 Å². The fraction of sp³-hybridized carbons (Fsp3) is 0.464. The number of hydrogen-bond acceptors (Lipinski definition) is 6. The van der Waals surface area contributed by atoms with Gasteiger partial charge < -0.3 is 19.9 Å². The minimum Gasteiger partial charge on any atom is -0.467 e. The van der Waals surface area contributed by atoms with Crippen LogP contribution >= 0.6 is 0 Å². The third kappa shape index (κ3) is 7.72. The molecular weight excluding hydrogens is 515 g/mol. The van der Waals surface area contributed by atoms with E-state index >= 15 is 0 Å². The number of ether oxygens (including phenoxy) is 2. The van der Waals surface area contributed by atoms with Crippen LogP contribution in [0, 0.1) is 0 Å². The van der Waals surface area contributed by atoms with Crippen LogP contribution in [0.3, 0.4) is 0 Å². The van der Waals surface area contributed by atoms with Gasteiger partial charge in [-0.15, -0.1) is 13.2 Å². The molecule has 0 aliphatic heterocycles. The van der Waals surface area contributed by atoms with Crippen molar-refractivity contribution < 1.29 is 37.3 Å².